The number of ether oxygens (including phenoxy) is 1. The number of carbonyl (C=O) groups is 1. The van der Waals surface area contributed by atoms with Crippen molar-refractivity contribution in [3.05, 3.63) is 69.8 Å². The zero-order valence-electron chi connectivity index (χ0n) is 17.2. The van der Waals surface area contributed by atoms with Crippen LogP contribution in [-0.4, -0.2) is 46.3 Å². The third-order valence-corrected chi connectivity index (χ3v) is 6.14. The van der Waals surface area contributed by atoms with Crippen LogP contribution in [-0.2, 0) is 11.3 Å². The van der Waals surface area contributed by atoms with Gasteiger partial charge in [0.15, 0.2) is 0 Å². The maximum absolute atomic E-state index is 13.5. The summed E-state index contributed by atoms with van der Waals surface area (Å²) >= 11 is 1.61. The highest BCUT2D eigenvalue weighted by Gasteiger charge is 2.25. The minimum Gasteiger partial charge on any atom is -0.376 e. The largest absolute Gasteiger partial charge is 0.376 e. The fourth-order valence-electron chi connectivity index (χ4n) is 3.77. The summed E-state index contributed by atoms with van der Waals surface area (Å²) in [5.74, 6) is 0.401. The molecule has 1 fully saturated rings. The van der Waals surface area contributed by atoms with Crippen LogP contribution in [0.3, 0.4) is 0 Å². The van der Waals surface area contributed by atoms with Crippen LogP contribution >= 0.6 is 11.8 Å². The van der Waals surface area contributed by atoms with E-state index in [0.717, 1.165) is 29.9 Å². The molecule has 1 aliphatic rings. The van der Waals surface area contributed by atoms with E-state index in [1.807, 2.05) is 49.6 Å². The average molecular weight is 424 g/mol. The highest BCUT2D eigenvalue weighted by atomic mass is 32.2. The van der Waals surface area contributed by atoms with Gasteiger partial charge in [-0.2, -0.15) is 0 Å². The van der Waals surface area contributed by atoms with Gasteiger partial charge in [0.25, 0.3) is 11.5 Å². The SMILES string of the molecule is CSc1ccc(C)c(C(=O)N(Cc2nc3ccccc3c(=O)[nH]2)C[C@H]2CCCO2)c1. The van der Waals surface area contributed by atoms with Gasteiger partial charge < -0.3 is 14.6 Å². The standard InChI is InChI=1S/C23H25N3O3S/c1-15-9-10-17(30-2)12-19(15)23(28)26(13-16-6-5-11-29-16)14-21-24-20-8-4-3-7-18(20)22(27)25-21/h3-4,7-10,12,16H,5-6,11,13-14H2,1-2H3,(H,24,25,27)/t16-/m1/s1. The summed E-state index contributed by atoms with van der Waals surface area (Å²) in [7, 11) is 0. The third kappa shape index (κ3) is 4.42. The maximum atomic E-state index is 13.5. The molecule has 6 nitrogen and oxygen atoms in total. The van der Waals surface area contributed by atoms with Crippen molar-refractivity contribution in [2.75, 3.05) is 19.4 Å². The second kappa shape index (κ2) is 9.02. The number of carbonyl (C=O) groups excluding carboxylic acids is 1. The number of benzene rings is 2. The Labute approximate surface area is 179 Å². The molecule has 0 radical (unpaired) electrons. The molecule has 0 spiro atoms. The lowest BCUT2D eigenvalue weighted by Crippen LogP contribution is -2.38. The van der Waals surface area contributed by atoms with Gasteiger partial charge in [-0.25, -0.2) is 4.98 Å². The number of nitrogens with one attached hydrogen (secondary N) is 1. The predicted octanol–water partition coefficient (Wildman–Crippen LogP) is 3.77. The van der Waals surface area contributed by atoms with Crippen LogP contribution in [0.25, 0.3) is 10.9 Å². The van der Waals surface area contributed by atoms with Gasteiger partial charge in [0.1, 0.15) is 5.82 Å². The smallest absolute Gasteiger partial charge is 0.258 e. The number of nitrogens with zero attached hydrogens (tertiary/aromatic N) is 2. The number of aryl methyl sites for hydroxylation is 1. The van der Waals surface area contributed by atoms with E-state index in [9.17, 15) is 9.59 Å². The first-order valence-electron chi connectivity index (χ1n) is 10.1. The summed E-state index contributed by atoms with van der Waals surface area (Å²) in [5.41, 5.74) is 2.03. The van der Waals surface area contributed by atoms with Crippen molar-refractivity contribution in [1.29, 1.82) is 0 Å². The lowest BCUT2D eigenvalue weighted by molar-refractivity contribution is 0.0500. The minimum atomic E-state index is -0.194. The molecule has 156 valence electrons. The summed E-state index contributed by atoms with van der Waals surface area (Å²) < 4.78 is 5.79. The van der Waals surface area contributed by atoms with Gasteiger partial charge in [-0.15, -0.1) is 11.8 Å². The highest BCUT2D eigenvalue weighted by Crippen LogP contribution is 2.22. The van der Waals surface area contributed by atoms with Crippen LogP contribution in [0.2, 0.25) is 0 Å². The average Bonchev–Trinajstić information content (AvgIpc) is 3.26. The summed E-state index contributed by atoms with van der Waals surface area (Å²) in [6.45, 7) is 3.36. The molecule has 0 unspecified atom stereocenters. The van der Waals surface area contributed by atoms with Crippen molar-refractivity contribution in [3.8, 4) is 0 Å². The van der Waals surface area contributed by atoms with E-state index < -0.39 is 0 Å². The Kier molecular flexibility index (Phi) is 6.20. The molecule has 7 heteroatoms. The third-order valence-electron chi connectivity index (χ3n) is 5.41. The number of aromatic nitrogens is 2. The van der Waals surface area contributed by atoms with Crippen LogP contribution in [0, 0.1) is 6.92 Å². The van der Waals surface area contributed by atoms with Gasteiger partial charge in [0.05, 0.1) is 23.6 Å². The predicted molar refractivity (Wildman–Crippen MR) is 119 cm³/mol. The summed E-state index contributed by atoms with van der Waals surface area (Å²) in [6, 6.07) is 13.1. The van der Waals surface area contributed by atoms with E-state index in [4.69, 9.17) is 4.74 Å². The summed E-state index contributed by atoms with van der Waals surface area (Å²) in [4.78, 5) is 36.2. The Morgan fingerprint density at radius 3 is 2.90 bits per heavy atom. The van der Waals surface area contributed by atoms with Gasteiger partial charge in [-0.05, 0) is 55.9 Å². The molecule has 0 saturated carbocycles. The van der Waals surface area contributed by atoms with Crippen LogP contribution in [0.15, 0.2) is 52.2 Å². The summed E-state index contributed by atoms with van der Waals surface area (Å²) in [6.07, 6.45) is 3.92. The zero-order valence-corrected chi connectivity index (χ0v) is 18.0. The second-order valence-electron chi connectivity index (χ2n) is 7.53. The number of hydrogen-bond acceptors (Lipinski definition) is 5. The zero-order chi connectivity index (χ0) is 21.1. The molecule has 1 aromatic heterocycles. The number of para-hydroxylation sites is 1. The summed E-state index contributed by atoms with van der Waals surface area (Å²) in [5, 5.41) is 0.543. The Balaban J connectivity index is 1.68. The number of amides is 1. The van der Waals surface area contributed by atoms with Gasteiger partial charge in [0.2, 0.25) is 0 Å². The van der Waals surface area contributed by atoms with Crippen LogP contribution in [0.1, 0.15) is 34.6 Å². The van der Waals surface area contributed by atoms with Crippen molar-refractivity contribution >= 4 is 28.6 Å². The molecule has 1 atom stereocenters. The van der Waals surface area contributed by atoms with Crippen molar-refractivity contribution in [3.63, 3.8) is 0 Å². The molecule has 30 heavy (non-hydrogen) atoms. The van der Waals surface area contributed by atoms with Crippen molar-refractivity contribution in [2.24, 2.45) is 0 Å². The topological polar surface area (TPSA) is 75.3 Å². The van der Waals surface area contributed by atoms with E-state index in [1.165, 1.54) is 0 Å². The van der Waals surface area contributed by atoms with E-state index in [0.29, 0.717) is 28.8 Å². The molecule has 1 amide bonds. The molecule has 4 rings (SSSR count). The lowest BCUT2D eigenvalue weighted by atomic mass is 10.1. The molecule has 1 N–H and O–H groups in total. The van der Waals surface area contributed by atoms with Crippen LogP contribution in [0.5, 0.6) is 0 Å². The van der Waals surface area contributed by atoms with E-state index in [2.05, 4.69) is 9.97 Å². The van der Waals surface area contributed by atoms with Crippen molar-refractivity contribution in [2.45, 2.75) is 37.3 Å². The van der Waals surface area contributed by atoms with Gasteiger partial charge >= 0.3 is 0 Å². The van der Waals surface area contributed by atoms with Crippen molar-refractivity contribution < 1.29 is 9.53 Å². The first-order chi connectivity index (χ1) is 14.5. The Bertz CT molecular complexity index is 1120. The number of thioether (sulfide) groups is 1. The molecule has 2 aromatic carbocycles. The molecular weight excluding hydrogens is 398 g/mol. The number of aromatic amines is 1. The first-order valence-corrected chi connectivity index (χ1v) is 11.3. The van der Waals surface area contributed by atoms with Crippen LogP contribution in [0.4, 0.5) is 0 Å². The second-order valence-corrected chi connectivity index (χ2v) is 8.41. The lowest BCUT2D eigenvalue weighted by Gasteiger charge is -2.26. The van der Waals surface area contributed by atoms with Gasteiger partial charge in [-0.1, -0.05) is 18.2 Å². The normalized spacial score (nSPS) is 16.1. The highest BCUT2D eigenvalue weighted by molar-refractivity contribution is 7.98. The minimum absolute atomic E-state index is 0.00478. The Morgan fingerprint density at radius 2 is 2.13 bits per heavy atom. The quantitative estimate of drug-likeness (QED) is 0.611. The Hall–Kier alpha value is -2.64. The monoisotopic (exact) mass is 423 g/mol. The van der Waals surface area contributed by atoms with E-state index in [-0.39, 0.29) is 24.1 Å². The van der Waals surface area contributed by atoms with Gasteiger partial charge in [0, 0.05) is 23.6 Å². The maximum Gasteiger partial charge on any atom is 0.258 e. The molecule has 1 saturated heterocycles. The van der Waals surface area contributed by atoms with Gasteiger partial charge in [-0.3, -0.25) is 9.59 Å². The Morgan fingerprint density at radius 1 is 1.30 bits per heavy atom. The van der Waals surface area contributed by atoms with Crippen molar-refractivity contribution in [1.82, 2.24) is 14.9 Å². The molecular formula is C23H25N3O3S. The molecule has 1 aliphatic heterocycles. The molecule has 2 heterocycles. The molecule has 0 bridgehead atoms. The fourth-order valence-corrected chi connectivity index (χ4v) is 4.21. The van der Waals surface area contributed by atoms with E-state index >= 15 is 0 Å². The first kappa shape index (κ1) is 20.6. The molecule has 0 aliphatic carbocycles. The fraction of sp³-hybridized carbons (Fsp3) is 0.348. The number of fused-ring (bicyclic) bond motifs is 1. The van der Waals surface area contributed by atoms with E-state index in [1.54, 1.807) is 22.7 Å². The van der Waals surface area contributed by atoms with Crippen LogP contribution < -0.4 is 5.56 Å². The number of rotatable bonds is 6. The number of hydrogen-bond donors (Lipinski definition) is 1. The number of H-pyrrole nitrogens is 1. The molecule has 3 aromatic rings.